The molecule has 1 rings (SSSR count). The minimum Gasteiger partial charge on any atom is -0.462 e. The van der Waals surface area contributed by atoms with Gasteiger partial charge in [0.1, 0.15) is 0 Å². The SMILES string of the molecule is CCC[C@@H](C)Nc1ccc(C(=O)OCC)cc1N. The number of carbonyl (C=O) groups is 1. The van der Waals surface area contributed by atoms with Crippen molar-refractivity contribution >= 4 is 17.3 Å². The van der Waals surface area contributed by atoms with Gasteiger partial charge in [-0.05, 0) is 38.5 Å². The van der Waals surface area contributed by atoms with Gasteiger partial charge in [-0.25, -0.2) is 4.79 Å². The van der Waals surface area contributed by atoms with Crippen LogP contribution in [-0.2, 0) is 4.74 Å². The van der Waals surface area contributed by atoms with E-state index in [9.17, 15) is 4.79 Å². The van der Waals surface area contributed by atoms with Gasteiger partial charge in [0.15, 0.2) is 0 Å². The van der Waals surface area contributed by atoms with Crippen LogP contribution in [0.25, 0.3) is 0 Å². The molecule has 0 radical (unpaired) electrons. The molecule has 0 heterocycles. The summed E-state index contributed by atoms with van der Waals surface area (Å²) < 4.78 is 4.93. The van der Waals surface area contributed by atoms with E-state index in [0.717, 1.165) is 18.5 Å². The zero-order valence-electron chi connectivity index (χ0n) is 11.3. The molecule has 0 spiro atoms. The van der Waals surface area contributed by atoms with E-state index in [4.69, 9.17) is 10.5 Å². The van der Waals surface area contributed by atoms with E-state index in [-0.39, 0.29) is 5.97 Å². The minimum absolute atomic E-state index is 0.336. The molecule has 4 heteroatoms. The number of rotatable bonds is 6. The van der Waals surface area contributed by atoms with Gasteiger partial charge >= 0.3 is 5.97 Å². The van der Waals surface area contributed by atoms with Crippen molar-refractivity contribution in [2.45, 2.75) is 39.7 Å². The summed E-state index contributed by atoms with van der Waals surface area (Å²) in [6.07, 6.45) is 2.20. The quantitative estimate of drug-likeness (QED) is 0.601. The highest BCUT2D eigenvalue weighted by Gasteiger charge is 2.10. The first kappa shape index (κ1) is 14.4. The fraction of sp³-hybridized carbons (Fsp3) is 0.500. The molecule has 0 fully saturated rings. The molecule has 3 N–H and O–H groups in total. The van der Waals surface area contributed by atoms with Crippen LogP contribution in [0.15, 0.2) is 18.2 Å². The average molecular weight is 250 g/mol. The fourth-order valence-corrected chi connectivity index (χ4v) is 1.81. The first-order chi connectivity index (χ1) is 8.58. The Labute approximate surface area is 109 Å². The molecule has 0 aliphatic rings. The van der Waals surface area contributed by atoms with E-state index in [1.165, 1.54) is 0 Å². The maximum Gasteiger partial charge on any atom is 0.338 e. The van der Waals surface area contributed by atoms with E-state index in [2.05, 4.69) is 19.2 Å². The Hall–Kier alpha value is -1.71. The van der Waals surface area contributed by atoms with Gasteiger partial charge in [-0.3, -0.25) is 0 Å². The Bertz CT molecular complexity index is 405. The van der Waals surface area contributed by atoms with Gasteiger partial charge < -0.3 is 15.8 Å². The standard InChI is InChI=1S/C14H22N2O2/c1-4-6-10(3)16-13-8-7-11(9-12(13)15)14(17)18-5-2/h7-10,16H,4-6,15H2,1-3H3/t10-/m1/s1. The lowest BCUT2D eigenvalue weighted by molar-refractivity contribution is 0.0526. The van der Waals surface area contributed by atoms with Crippen molar-refractivity contribution in [3.05, 3.63) is 23.8 Å². The van der Waals surface area contributed by atoms with Crippen LogP contribution in [0.1, 0.15) is 44.0 Å². The summed E-state index contributed by atoms with van der Waals surface area (Å²) >= 11 is 0. The monoisotopic (exact) mass is 250 g/mol. The molecule has 0 saturated heterocycles. The van der Waals surface area contributed by atoms with Crippen molar-refractivity contribution in [1.29, 1.82) is 0 Å². The fourth-order valence-electron chi connectivity index (χ4n) is 1.81. The molecule has 0 unspecified atom stereocenters. The Balaban J connectivity index is 2.76. The first-order valence-corrected chi connectivity index (χ1v) is 6.41. The smallest absolute Gasteiger partial charge is 0.338 e. The molecule has 0 bridgehead atoms. The second-order valence-electron chi connectivity index (χ2n) is 4.36. The molecule has 0 aliphatic heterocycles. The molecule has 18 heavy (non-hydrogen) atoms. The number of anilines is 2. The summed E-state index contributed by atoms with van der Waals surface area (Å²) in [5.74, 6) is -0.336. The third-order valence-electron chi connectivity index (χ3n) is 2.69. The minimum atomic E-state index is -0.336. The Morgan fingerprint density at radius 3 is 2.72 bits per heavy atom. The lowest BCUT2D eigenvalue weighted by atomic mass is 10.1. The summed E-state index contributed by atoms with van der Waals surface area (Å²) in [7, 11) is 0. The third kappa shape index (κ3) is 3.95. The molecule has 1 aromatic rings. The molecule has 0 aromatic heterocycles. The number of esters is 1. The van der Waals surface area contributed by atoms with Gasteiger partial charge in [0, 0.05) is 6.04 Å². The van der Waals surface area contributed by atoms with Crippen LogP contribution in [-0.4, -0.2) is 18.6 Å². The van der Waals surface area contributed by atoms with Crippen LogP contribution in [0.2, 0.25) is 0 Å². The summed E-state index contributed by atoms with van der Waals surface area (Å²) in [6, 6.07) is 5.58. The molecular weight excluding hydrogens is 228 g/mol. The summed E-state index contributed by atoms with van der Waals surface area (Å²) in [5, 5.41) is 3.33. The summed E-state index contributed by atoms with van der Waals surface area (Å²) in [5.41, 5.74) is 7.86. The van der Waals surface area contributed by atoms with E-state index in [1.807, 2.05) is 6.07 Å². The predicted molar refractivity (Wildman–Crippen MR) is 74.8 cm³/mol. The van der Waals surface area contributed by atoms with Crippen molar-refractivity contribution in [2.75, 3.05) is 17.7 Å². The summed E-state index contributed by atoms with van der Waals surface area (Å²) in [6.45, 7) is 6.41. The Kier molecular flexibility index (Phi) is 5.49. The third-order valence-corrected chi connectivity index (χ3v) is 2.69. The lowest BCUT2D eigenvalue weighted by Gasteiger charge is -2.16. The molecule has 1 atom stereocenters. The predicted octanol–water partition coefficient (Wildman–Crippen LogP) is 3.05. The van der Waals surface area contributed by atoms with Crippen LogP contribution >= 0.6 is 0 Å². The number of benzene rings is 1. The van der Waals surface area contributed by atoms with Crippen molar-refractivity contribution in [2.24, 2.45) is 0 Å². The molecule has 0 saturated carbocycles. The molecule has 4 nitrogen and oxygen atoms in total. The molecule has 0 amide bonds. The second kappa shape index (κ2) is 6.89. The van der Waals surface area contributed by atoms with Crippen molar-refractivity contribution < 1.29 is 9.53 Å². The Morgan fingerprint density at radius 2 is 2.17 bits per heavy atom. The van der Waals surface area contributed by atoms with Gasteiger partial charge in [-0.1, -0.05) is 13.3 Å². The number of ether oxygens (including phenoxy) is 1. The number of nitrogen functional groups attached to an aromatic ring is 1. The van der Waals surface area contributed by atoms with Crippen molar-refractivity contribution in [3.63, 3.8) is 0 Å². The second-order valence-corrected chi connectivity index (χ2v) is 4.36. The van der Waals surface area contributed by atoms with Crippen LogP contribution in [0.3, 0.4) is 0 Å². The summed E-state index contributed by atoms with van der Waals surface area (Å²) in [4.78, 5) is 11.5. The highest BCUT2D eigenvalue weighted by Crippen LogP contribution is 2.22. The maximum atomic E-state index is 11.5. The zero-order valence-corrected chi connectivity index (χ0v) is 11.3. The lowest BCUT2D eigenvalue weighted by Crippen LogP contribution is -2.16. The number of nitrogens with two attached hydrogens (primary N) is 1. The number of nitrogens with one attached hydrogen (secondary N) is 1. The van der Waals surface area contributed by atoms with Crippen LogP contribution in [0, 0.1) is 0 Å². The topological polar surface area (TPSA) is 64.3 Å². The number of carbonyl (C=O) groups excluding carboxylic acids is 1. The molecule has 1 aromatic carbocycles. The van der Waals surface area contributed by atoms with Gasteiger partial charge in [0.25, 0.3) is 0 Å². The van der Waals surface area contributed by atoms with E-state index in [0.29, 0.717) is 23.9 Å². The van der Waals surface area contributed by atoms with Crippen molar-refractivity contribution in [3.8, 4) is 0 Å². The maximum absolute atomic E-state index is 11.5. The normalized spacial score (nSPS) is 11.9. The van der Waals surface area contributed by atoms with Gasteiger partial charge in [0.2, 0.25) is 0 Å². The van der Waals surface area contributed by atoms with Crippen molar-refractivity contribution in [1.82, 2.24) is 0 Å². The highest BCUT2D eigenvalue weighted by molar-refractivity contribution is 5.91. The van der Waals surface area contributed by atoms with Gasteiger partial charge in [-0.15, -0.1) is 0 Å². The van der Waals surface area contributed by atoms with E-state index < -0.39 is 0 Å². The highest BCUT2D eigenvalue weighted by atomic mass is 16.5. The van der Waals surface area contributed by atoms with Crippen LogP contribution in [0.5, 0.6) is 0 Å². The van der Waals surface area contributed by atoms with Gasteiger partial charge in [0.05, 0.1) is 23.5 Å². The molecule has 0 aliphatic carbocycles. The largest absolute Gasteiger partial charge is 0.462 e. The Morgan fingerprint density at radius 1 is 1.44 bits per heavy atom. The van der Waals surface area contributed by atoms with Crippen LogP contribution < -0.4 is 11.1 Å². The molecule has 100 valence electrons. The van der Waals surface area contributed by atoms with E-state index >= 15 is 0 Å². The number of hydrogen-bond acceptors (Lipinski definition) is 4. The molecular formula is C14H22N2O2. The zero-order chi connectivity index (χ0) is 13.5. The average Bonchev–Trinajstić information content (AvgIpc) is 2.32. The van der Waals surface area contributed by atoms with Crippen LogP contribution in [0.4, 0.5) is 11.4 Å². The first-order valence-electron chi connectivity index (χ1n) is 6.41. The van der Waals surface area contributed by atoms with Gasteiger partial charge in [-0.2, -0.15) is 0 Å². The van der Waals surface area contributed by atoms with E-state index in [1.54, 1.807) is 19.1 Å². The number of hydrogen-bond donors (Lipinski definition) is 2.